The molecule has 3 atom stereocenters. The van der Waals surface area contributed by atoms with Crippen LogP contribution in [0, 0.1) is 17.8 Å². The molecular formula is C28H36O8. The van der Waals surface area contributed by atoms with Crippen molar-refractivity contribution in [2.75, 3.05) is 48.8 Å². The molecular weight excluding hydrogens is 464 g/mol. The van der Waals surface area contributed by atoms with E-state index in [9.17, 15) is 4.79 Å². The number of rotatable bonds is 11. The molecule has 8 nitrogen and oxygen atoms in total. The highest BCUT2D eigenvalue weighted by Crippen LogP contribution is 2.46. The number of esters is 1. The molecule has 36 heavy (non-hydrogen) atoms. The number of ether oxygens (including phenoxy) is 7. The van der Waals surface area contributed by atoms with Crippen molar-refractivity contribution in [3.63, 3.8) is 0 Å². The summed E-state index contributed by atoms with van der Waals surface area (Å²) in [6.45, 7) is 0.815. The Balaban J connectivity index is 1.61. The Morgan fingerprint density at radius 2 is 1.53 bits per heavy atom. The quantitative estimate of drug-likeness (QED) is 0.414. The van der Waals surface area contributed by atoms with Crippen LogP contribution in [0.3, 0.4) is 0 Å². The molecule has 1 aliphatic carbocycles. The molecule has 2 aromatic rings. The predicted molar refractivity (Wildman–Crippen MR) is 133 cm³/mol. The van der Waals surface area contributed by atoms with E-state index in [-0.39, 0.29) is 36.4 Å². The van der Waals surface area contributed by atoms with Crippen molar-refractivity contribution in [2.45, 2.75) is 31.8 Å². The second-order valence-electron chi connectivity index (χ2n) is 9.29. The molecule has 0 N–H and O–H groups in total. The Morgan fingerprint density at radius 3 is 2.08 bits per heavy atom. The minimum Gasteiger partial charge on any atom is -0.493 e. The lowest BCUT2D eigenvalue weighted by Crippen LogP contribution is -2.29. The van der Waals surface area contributed by atoms with Crippen molar-refractivity contribution >= 4 is 5.97 Å². The molecule has 0 radical (unpaired) electrons. The van der Waals surface area contributed by atoms with E-state index in [2.05, 4.69) is 0 Å². The molecule has 4 rings (SSSR count). The fourth-order valence-electron chi connectivity index (χ4n) is 5.01. The van der Waals surface area contributed by atoms with E-state index in [4.69, 9.17) is 33.2 Å². The first-order valence-corrected chi connectivity index (χ1v) is 12.3. The second kappa shape index (κ2) is 11.7. The van der Waals surface area contributed by atoms with Crippen LogP contribution >= 0.6 is 0 Å². The normalized spacial score (nSPS) is 21.4. The highest BCUT2D eigenvalue weighted by Gasteiger charge is 2.40. The molecule has 1 saturated carbocycles. The summed E-state index contributed by atoms with van der Waals surface area (Å²) < 4.78 is 39.7. The topological polar surface area (TPSA) is 81.7 Å². The van der Waals surface area contributed by atoms with Gasteiger partial charge in [-0.05, 0) is 60.6 Å². The number of benzene rings is 2. The average Bonchev–Trinajstić information content (AvgIpc) is 3.27. The zero-order valence-corrected chi connectivity index (χ0v) is 21.7. The number of methoxy groups -OCH3 is 5. The number of hydrogen-bond donors (Lipinski definition) is 0. The first-order valence-electron chi connectivity index (χ1n) is 12.3. The van der Waals surface area contributed by atoms with Gasteiger partial charge in [-0.15, -0.1) is 0 Å². The van der Waals surface area contributed by atoms with Gasteiger partial charge in [0.25, 0.3) is 0 Å². The Hall–Kier alpha value is -3.13. The highest BCUT2D eigenvalue weighted by atomic mass is 16.5. The van der Waals surface area contributed by atoms with Gasteiger partial charge in [-0.25, -0.2) is 0 Å². The maximum Gasteiger partial charge on any atom is 0.308 e. The monoisotopic (exact) mass is 500 g/mol. The average molecular weight is 501 g/mol. The number of carbonyl (C=O) groups excluding carboxylic acids is 1. The smallest absolute Gasteiger partial charge is 0.308 e. The minimum absolute atomic E-state index is 0.0243. The van der Waals surface area contributed by atoms with E-state index in [1.165, 1.54) is 0 Å². The molecule has 1 saturated heterocycles. The van der Waals surface area contributed by atoms with Crippen LogP contribution in [0.25, 0.3) is 0 Å². The van der Waals surface area contributed by atoms with Crippen molar-refractivity contribution in [1.82, 2.24) is 0 Å². The van der Waals surface area contributed by atoms with Crippen LogP contribution < -0.4 is 23.7 Å². The maximum atomic E-state index is 12.6. The third-order valence-corrected chi connectivity index (χ3v) is 7.30. The molecule has 0 amide bonds. The largest absolute Gasteiger partial charge is 0.493 e. The first kappa shape index (κ1) is 25.9. The van der Waals surface area contributed by atoms with Gasteiger partial charge in [-0.3, -0.25) is 4.79 Å². The zero-order chi connectivity index (χ0) is 25.7. The summed E-state index contributed by atoms with van der Waals surface area (Å²) in [5, 5.41) is 0. The van der Waals surface area contributed by atoms with Gasteiger partial charge in [0.05, 0.1) is 60.8 Å². The van der Waals surface area contributed by atoms with Gasteiger partial charge in [-0.1, -0.05) is 12.5 Å². The molecule has 0 spiro atoms. The summed E-state index contributed by atoms with van der Waals surface area (Å²) in [6.07, 6.45) is 3.35. The Labute approximate surface area is 212 Å². The Kier molecular flexibility index (Phi) is 8.46. The molecule has 8 heteroatoms. The van der Waals surface area contributed by atoms with Gasteiger partial charge in [0, 0.05) is 5.92 Å². The van der Waals surface area contributed by atoms with Crippen LogP contribution in [0.2, 0.25) is 0 Å². The van der Waals surface area contributed by atoms with Gasteiger partial charge in [-0.2, -0.15) is 0 Å². The van der Waals surface area contributed by atoms with Gasteiger partial charge in [0.1, 0.15) is 0 Å². The van der Waals surface area contributed by atoms with Crippen molar-refractivity contribution in [2.24, 2.45) is 17.8 Å². The molecule has 2 fully saturated rings. The van der Waals surface area contributed by atoms with Gasteiger partial charge >= 0.3 is 5.97 Å². The van der Waals surface area contributed by atoms with E-state index in [0.29, 0.717) is 35.4 Å². The molecule has 1 aliphatic heterocycles. The van der Waals surface area contributed by atoms with Crippen LogP contribution in [-0.2, 0) is 20.7 Å². The summed E-state index contributed by atoms with van der Waals surface area (Å²) >= 11 is 0. The first-order chi connectivity index (χ1) is 17.5. The third kappa shape index (κ3) is 5.33. The summed E-state index contributed by atoms with van der Waals surface area (Å²) in [5.74, 6) is 3.00. The summed E-state index contributed by atoms with van der Waals surface area (Å²) in [6, 6.07) is 9.75. The van der Waals surface area contributed by atoms with Crippen molar-refractivity contribution in [1.29, 1.82) is 0 Å². The third-order valence-electron chi connectivity index (χ3n) is 7.30. The van der Waals surface area contributed by atoms with E-state index in [0.717, 1.165) is 36.8 Å². The van der Waals surface area contributed by atoms with Gasteiger partial charge in [0.2, 0.25) is 5.75 Å². The van der Waals surface area contributed by atoms with E-state index in [1.807, 2.05) is 30.3 Å². The van der Waals surface area contributed by atoms with Gasteiger partial charge < -0.3 is 33.2 Å². The van der Waals surface area contributed by atoms with E-state index < -0.39 is 0 Å². The highest BCUT2D eigenvalue weighted by molar-refractivity contribution is 5.73. The predicted octanol–water partition coefficient (Wildman–Crippen LogP) is 4.62. The number of hydrogen-bond acceptors (Lipinski definition) is 8. The Morgan fingerprint density at radius 1 is 0.861 bits per heavy atom. The lowest BCUT2D eigenvalue weighted by molar-refractivity contribution is -0.153. The van der Waals surface area contributed by atoms with Crippen molar-refractivity contribution < 1.29 is 38.0 Å². The Bertz CT molecular complexity index is 1020. The van der Waals surface area contributed by atoms with Crippen LogP contribution in [0.1, 0.15) is 36.5 Å². The fourth-order valence-corrected chi connectivity index (χ4v) is 5.01. The second-order valence-corrected chi connectivity index (χ2v) is 9.29. The summed E-state index contributed by atoms with van der Waals surface area (Å²) in [4.78, 5) is 12.6. The minimum atomic E-state index is -0.293. The zero-order valence-electron chi connectivity index (χ0n) is 21.7. The maximum absolute atomic E-state index is 12.6. The van der Waals surface area contributed by atoms with Crippen LogP contribution in [0.15, 0.2) is 30.3 Å². The SMILES string of the molecule is COc1ccc(C[C@H]2CO[C@H](c3cc(OC)c(OC)c(OC)c3)[C@H]2COC(=O)C2CCC2)cc1OC. The molecule has 0 aromatic heterocycles. The summed E-state index contributed by atoms with van der Waals surface area (Å²) in [5.41, 5.74) is 1.99. The molecule has 1 heterocycles. The molecule has 0 bridgehead atoms. The van der Waals surface area contributed by atoms with Gasteiger partial charge in [0.15, 0.2) is 23.0 Å². The van der Waals surface area contributed by atoms with Crippen molar-refractivity contribution in [3.05, 3.63) is 41.5 Å². The molecule has 0 unspecified atom stereocenters. The lowest BCUT2D eigenvalue weighted by atomic mass is 9.83. The fraction of sp³-hybridized carbons (Fsp3) is 0.536. The van der Waals surface area contributed by atoms with E-state index in [1.54, 1.807) is 35.5 Å². The standard InChI is InChI=1S/C28H36O8/c1-30-22-10-9-17(12-23(22)31-2)11-20-15-35-26(21(20)16-36-28(29)18-7-6-8-18)19-13-24(32-3)27(34-5)25(14-19)33-4/h9-10,12-14,18,20-21,26H,6-8,11,15-16H2,1-5H3/t20-,21-,26+/m0/s1. The van der Waals surface area contributed by atoms with Crippen LogP contribution in [0.4, 0.5) is 0 Å². The van der Waals surface area contributed by atoms with Crippen LogP contribution in [-0.4, -0.2) is 54.7 Å². The summed E-state index contributed by atoms with van der Waals surface area (Å²) in [7, 11) is 8.01. The molecule has 2 aliphatic rings. The van der Waals surface area contributed by atoms with Crippen LogP contribution in [0.5, 0.6) is 28.7 Å². The molecule has 196 valence electrons. The number of carbonyl (C=O) groups is 1. The lowest BCUT2D eigenvalue weighted by Gasteiger charge is -2.27. The van der Waals surface area contributed by atoms with Crippen molar-refractivity contribution in [3.8, 4) is 28.7 Å². The van der Waals surface area contributed by atoms with E-state index >= 15 is 0 Å². The molecule has 2 aromatic carbocycles.